The van der Waals surface area contributed by atoms with E-state index in [0.717, 1.165) is 6.26 Å². The zero-order valence-corrected chi connectivity index (χ0v) is 5.66. The third-order valence-electron chi connectivity index (χ3n) is 0.253. The average molecular weight is 156 g/mol. The Morgan fingerprint density at radius 2 is 1.75 bits per heavy atom. The summed E-state index contributed by atoms with van der Waals surface area (Å²) in [5.41, 5.74) is 0. The smallest absolute Gasteiger partial charge is 0.224 e. The lowest BCUT2D eigenvalue weighted by atomic mass is 11.9. The van der Waals surface area contributed by atoms with Crippen molar-refractivity contribution in [2.75, 3.05) is 6.26 Å². The molecule has 0 fully saturated rings. The first-order chi connectivity index (χ1) is 3.42. The van der Waals surface area contributed by atoms with Crippen LogP contribution in [-0.2, 0) is 20.1 Å². The van der Waals surface area contributed by atoms with Gasteiger partial charge in [-0.1, -0.05) is 0 Å². The van der Waals surface area contributed by atoms with Crippen molar-refractivity contribution < 1.29 is 16.8 Å². The Bertz CT molecular complexity index is 270. The predicted octanol–water partition coefficient (Wildman–Crippen LogP) is -1.33. The van der Waals surface area contributed by atoms with E-state index in [1.807, 2.05) is 0 Å². The van der Waals surface area contributed by atoms with Gasteiger partial charge in [0.25, 0.3) is 0 Å². The number of sulfone groups is 1. The lowest BCUT2D eigenvalue weighted by molar-refractivity contribution is 0.613. The Balaban J connectivity index is 4.93. The highest BCUT2D eigenvalue weighted by atomic mass is 32.2. The Labute approximate surface area is 48.6 Å². The molecule has 0 atom stereocenters. The fraction of sp³-hybridized carbons (Fsp3) is 0.500. The summed E-state index contributed by atoms with van der Waals surface area (Å²) in [6.07, 6.45) is 0.808. The molecular weight excluding hydrogens is 152 g/mol. The fourth-order valence-electron chi connectivity index (χ4n) is 0.143. The molecule has 6 heteroatoms. The van der Waals surface area contributed by atoms with Crippen molar-refractivity contribution in [3.05, 3.63) is 0 Å². The number of hydrogen-bond donors (Lipinski definition) is 0. The lowest BCUT2D eigenvalue weighted by Gasteiger charge is -1.72. The molecule has 0 spiro atoms. The predicted molar refractivity (Wildman–Crippen MR) is 29.8 cm³/mol. The van der Waals surface area contributed by atoms with Gasteiger partial charge in [-0.2, -0.15) is 8.42 Å². The van der Waals surface area contributed by atoms with Gasteiger partial charge in [0.1, 0.15) is 0 Å². The maximum atomic E-state index is 9.99. The van der Waals surface area contributed by atoms with Crippen LogP contribution in [0.15, 0.2) is 0 Å². The molecule has 0 aromatic heterocycles. The Morgan fingerprint density at radius 1 is 1.38 bits per heavy atom. The SMILES string of the molecule is CS(=O)(=O)C=S(=O)=O. The topological polar surface area (TPSA) is 68.3 Å². The normalized spacial score (nSPS) is 10.6. The molecule has 0 saturated carbocycles. The van der Waals surface area contributed by atoms with Gasteiger partial charge in [-0.05, 0) is 0 Å². The third-order valence-corrected chi connectivity index (χ3v) is 2.28. The van der Waals surface area contributed by atoms with E-state index in [9.17, 15) is 16.8 Å². The van der Waals surface area contributed by atoms with E-state index < -0.39 is 20.1 Å². The van der Waals surface area contributed by atoms with E-state index in [2.05, 4.69) is 0 Å². The summed E-state index contributed by atoms with van der Waals surface area (Å²) in [6.45, 7) is 0. The summed E-state index contributed by atoms with van der Waals surface area (Å²) in [4.78, 5) is 0. The minimum Gasteiger partial charge on any atom is -0.224 e. The van der Waals surface area contributed by atoms with Gasteiger partial charge >= 0.3 is 0 Å². The van der Waals surface area contributed by atoms with Crippen molar-refractivity contribution >= 4 is 24.8 Å². The quantitative estimate of drug-likeness (QED) is 0.441. The van der Waals surface area contributed by atoms with Crippen LogP contribution < -0.4 is 0 Å². The molecule has 0 aromatic rings. The van der Waals surface area contributed by atoms with Gasteiger partial charge in [-0.3, -0.25) is 0 Å². The van der Waals surface area contributed by atoms with Crippen LogP contribution in [0.5, 0.6) is 0 Å². The fourth-order valence-corrected chi connectivity index (χ4v) is 1.28. The summed E-state index contributed by atoms with van der Waals surface area (Å²) in [6, 6.07) is 0. The number of rotatable bonds is 1. The van der Waals surface area contributed by atoms with Crippen molar-refractivity contribution in [2.45, 2.75) is 0 Å². The van der Waals surface area contributed by atoms with E-state index in [-0.39, 0.29) is 4.70 Å². The summed E-state index contributed by atoms with van der Waals surface area (Å²) in [7, 11) is -6.06. The van der Waals surface area contributed by atoms with Gasteiger partial charge in [0.2, 0.25) is 10.3 Å². The molecule has 8 heavy (non-hydrogen) atoms. The van der Waals surface area contributed by atoms with Crippen LogP contribution >= 0.6 is 0 Å². The molecule has 48 valence electrons. The molecule has 0 aliphatic carbocycles. The number of hydrogen-bond acceptors (Lipinski definition) is 4. The van der Waals surface area contributed by atoms with Crippen molar-refractivity contribution in [2.24, 2.45) is 0 Å². The molecule has 4 nitrogen and oxygen atoms in total. The van der Waals surface area contributed by atoms with Crippen LogP contribution in [0, 0.1) is 0 Å². The van der Waals surface area contributed by atoms with Crippen LogP contribution in [-0.4, -0.2) is 27.8 Å². The monoisotopic (exact) mass is 156 g/mol. The average Bonchev–Trinajstić information content (AvgIpc) is 1.21. The molecule has 0 saturated heterocycles. The zero-order chi connectivity index (χ0) is 6.78. The molecule has 0 unspecified atom stereocenters. The van der Waals surface area contributed by atoms with Gasteiger partial charge in [0.15, 0.2) is 14.5 Å². The van der Waals surface area contributed by atoms with Crippen LogP contribution in [0.3, 0.4) is 0 Å². The minimum atomic E-state index is -3.46. The van der Waals surface area contributed by atoms with Gasteiger partial charge < -0.3 is 0 Å². The zero-order valence-electron chi connectivity index (χ0n) is 4.03. The van der Waals surface area contributed by atoms with Crippen LogP contribution in [0.1, 0.15) is 0 Å². The second kappa shape index (κ2) is 2.27. The molecule has 0 heterocycles. The second-order valence-corrected chi connectivity index (χ2v) is 4.14. The highest BCUT2D eigenvalue weighted by Gasteiger charge is 1.92. The highest BCUT2D eigenvalue weighted by Crippen LogP contribution is 1.68. The maximum Gasteiger partial charge on any atom is 0.225 e. The van der Waals surface area contributed by atoms with Crippen molar-refractivity contribution in [3.63, 3.8) is 0 Å². The van der Waals surface area contributed by atoms with Crippen molar-refractivity contribution in [1.82, 2.24) is 0 Å². The molecular formula is C2H4O4S2. The van der Waals surface area contributed by atoms with Gasteiger partial charge in [-0.15, -0.1) is 0 Å². The van der Waals surface area contributed by atoms with E-state index in [0.29, 0.717) is 0 Å². The second-order valence-electron chi connectivity index (χ2n) is 1.19. The first-order valence-electron chi connectivity index (χ1n) is 1.55. The van der Waals surface area contributed by atoms with Crippen molar-refractivity contribution in [1.29, 1.82) is 0 Å². The summed E-state index contributed by atoms with van der Waals surface area (Å²) in [5, 5.41) is 0. The first-order valence-corrected chi connectivity index (χ1v) is 4.64. The van der Waals surface area contributed by atoms with Crippen LogP contribution in [0.2, 0.25) is 0 Å². The highest BCUT2D eigenvalue weighted by molar-refractivity contribution is 8.12. The molecule has 0 rings (SSSR count). The Morgan fingerprint density at radius 3 is 1.75 bits per heavy atom. The molecule has 0 aliphatic heterocycles. The summed E-state index contributed by atoms with van der Waals surface area (Å²) < 4.78 is 39.4. The van der Waals surface area contributed by atoms with Crippen LogP contribution in [0.25, 0.3) is 0 Å². The maximum absolute atomic E-state index is 9.99. The molecule has 0 aromatic carbocycles. The van der Waals surface area contributed by atoms with Crippen LogP contribution in [0.4, 0.5) is 0 Å². The summed E-state index contributed by atoms with van der Waals surface area (Å²) >= 11 is 0. The van der Waals surface area contributed by atoms with Gasteiger partial charge in [-0.25, -0.2) is 8.42 Å². The van der Waals surface area contributed by atoms with E-state index in [1.54, 1.807) is 0 Å². The molecule has 0 N–H and O–H groups in total. The summed E-state index contributed by atoms with van der Waals surface area (Å²) in [5.74, 6) is 0. The van der Waals surface area contributed by atoms with Gasteiger partial charge in [0, 0.05) is 6.26 Å². The van der Waals surface area contributed by atoms with E-state index in [1.165, 1.54) is 0 Å². The minimum absolute atomic E-state index is 0.243. The molecule has 0 bridgehead atoms. The van der Waals surface area contributed by atoms with E-state index >= 15 is 0 Å². The molecule has 0 radical (unpaired) electrons. The third kappa shape index (κ3) is 5.64. The standard InChI is InChI=1S/C2H4O4S2/c1-8(5,6)2-7(3)4/h2H,1H3. The largest absolute Gasteiger partial charge is 0.225 e. The Hall–Kier alpha value is -0.360. The van der Waals surface area contributed by atoms with Crippen molar-refractivity contribution in [3.8, 4) is 0 Å². The lowest BCUT2D eigenvalue weighted by Crippen LogP contribution is -1.95. The molecule has 0 amide bonds. The molecule has 0 aliphatic rings. The van der Waals surface area contributed by atoms with Gasteiger partial charge in [0.05, 0.1) is 0 Å². The van der Waals surface area contributed by atoms with E-state index in [4.69, 9.17) is 0 Å². The Kier molecular flexibility index (Phi) is 2.17. The first kappa shape index (κ1) is 7.64.